The molecule has 28 heavy (non-hydrogen) atoms. The van der Waals surface area contributed by atoms with Gasteiger partial charge in [-0.3, -0.25) is 4.79 Å². The predicted octanol–water partition coefficient (Wildman–Crippen LogP) is 3.49. The van der Waals surface area contributed by atoms with Gasteiger partial charge in [-0.2, -0.15) is 0 Å². The highest BCUT2D eigenvalue weighted by Gasteiger charge is 2.39. The summed E-state index contributed by atoms with van der Waals surface area (Å²) in [6.45, 7) is 2.01. The van der Waals surface area contributed by atoms with Crippen LogP contribution in [0.5, 0.6) is 0 Å². The SMILES string of the molecule is CCCCCCCCCCCCCCCC(=O)OC[C@@H](O)[C@H]1OC[C@H](O)[C@H]1O. The molecule has 1 aliphatic rings. The van der Waals surface area contributed by atoms with Crippen molar-refractivity contribution in [3.63, 3.8) is 0 Å². The number of hydrogen-bond acceptors (Lipinski definition) is 6. The van der Waals surface area contributed by atoms with Crippen molar-refractivity contribution in [3.8, 4) is 0 Å². The zero-order chi connectivity index (χ0) is 20.6. The Kier molecular flexibility index (Phi) is 14.6. The standard InChI is InChI=1S/C22H42O6/c1-2-3-4-5-6-7-8-9-10-11-12-13-14-15-20(25)27-17-19(24)22-21(26)18(23)16-28-22/h18-19,21-24,26H,2-17H2,1H3/t18-,19+,21+,22+/m0/s1. The van der Waals surface area contributed by atoms with E-state index in [0.29, 0.717) is 6.42 Å². The number of hydrogen-bond donors (Lipinski definition) is 3. The third kappa shape index (κ3) is 11.3. The van der Waals surface area contributed by atoms with Gasteiger partial charge in [0.2, 0.25) is 0 Å². The Morgan fingerprint density at radius 1 is 0.929 bits per heavy atom. The third-order valence-corrected chi connectivity index (χ3v) is 5.47. The molecule has 1 rings (SSSR count). The van der Waals surface area contributed by atoms with Crippen LogP contribution in [0.15, 0.2) is 0 Å². The maximum absolute atomic E-state index is 11.7. The second-order valence-corrected chi connectivity index (χ2v) is 8.10. The fourth-order valence-electron chi connectivity index (χ4n) is 3.60. The van der Waals surface area contributed by atoms with Gasteiger partial charge in [-0.05, 0) is 6.42 Å². The molecule has 4 atom stereocenters. The number of carbonyl (C=O) groups is 1. The van der Waals surface area contributed by atoms with E-state index in [-0.39, 0.29) is 19.2 Å². The first-order valence-corrected chi connectivity index (χ1v) is 11.4. The number of aliphatic hydroxyl groups excluding tert-OH is 3. The van der Waals surface area contributed by atoms with Gasteiger partial charge < -0.3 is 24.8 Å². The van der Waals surface area contributed by atoms with E-state index in [1.807, 2.05) is 0 Å². The number of aliphatic hydroxyl groups is 3. The lowest BCUT2D eigenvalue weighted by atomic mass is 10.0. The van der Waals surface area contributed by atoms with Crippen molar-refractivity contribution in [2.75, 3.05) is 13.2 Å². The quantitative estimate of drug-likeness (QED) is 0.255. The van der Waals surface area contributed by atoms with E-state index >= 15 is 0 Å². The molecule has 0 unspecified atom stereocenters. The second kappa shape index (κ2) is 16.1. The minimum absolute atomic E-state index is 0.0181. The second-order valence-electron chi connectivity index (χ2n) is 8.10. The summed E-state index contributed by atoms with van der Waals surface area (Å²) in [4.78, 5) is 11.7. The predicted molar refractivity (Wildman–Crippen MR) is 109 cm³/mol. The van der Waals surface area contributed by atoms with E-state index in [4.69, 9.17) is 9.47 Å². The molecule has 3 N–H and O–H groups in total. The monoisotopic (exact) mass is 402 g/mol. The summed E-state index contributed by atoms with van der Waals surface area (Å²) >= 11 is 0. The van der Waals surface area contributed by atoms with Crippen LogP contribution in [-0.4, -0.2) is 58.9 Å². The average molecular weight is 403 g/mol. The number of ether oxygens (including phenoxy) is 2. The van der Waals surface area contributed by atoms with Crippen molar-refractivity contribution >= 4 is 5.97 Å². The first-order chi connectivity index (χ1) is 13.6. The number of unbranched alkanes of at least 4 members (excludes halogenated alkanes) is 12. The largest absolute Gasteiger partial charge is 0.463 e. The fraction of sp³-hybridized carbons (Fsp3) is 0.955. The van der Waals surface area contributed by atoms with E-state index in [0.717, 1.165) is 19.3 Å². The molecule has 0 radical (unpaired) electrons. The molecule has 0 amide bonds. The summed E-state index contributed by atoms with van der Waals surface area (Å²) in [6, 6.07) is 0. The van der Waals surface area contributed by atoms with Gasteiger partial charge >= 0.3 is 5.97 Å². The molecule has 1 aliphatic heterocycles. The molecule has 6 nitrogen and oxygen atoms in total. The molecule has 0 aromatic rings. The molecular formula is C22H42O6. The average Bonchev–Trinajstić information content (AvgIpc) is 3.02. The molecular weight excluding hydrogens is 360 g/mol. The highest BCUT2D eigenvalue weighted by Crippen LogP contribution is 2.18. The van der Waals surface area contributed by atoms with Crippen LogP contribution in [0.2, 0.25) is 0 Å². The Morgan fingerprint density at radius 3 is 1.89 bits per heavy atom. The first kappa shape index (κ1) is 25.3. The van der Waals surface area contributed by atoms with Crippen LogP contribution >= 0.6 is 0 Å². The topological polar surface area (TPSA) is 96.2 Å². The smallest absolute Gasteiger partial charge is 0.305 e. The van der Waals surface area contributed by atoms with E-state index < -0.39 is 24.4 Å². The van der Waals surface area contributed by atoms with E-state index in [1.165, 1.54) is 64.2 Å². The highest BCUT2D eigenvalue weighted by molar-refractivity contribution is 5.69. The first-order valence-electron chi connectivity index (χ1n) is 11.4. The minimum atomic E-state index is -1.14. The Labute approximate surface area is 170 Å². The van der Waals surface area contributed by atoms with Crippen LogP contribution in [0.25, 0.3) is 0 Å². The summed E-state index contributed by atoms with van der Waals surface area (Å²) in [5, 5.41) is 28.9. The van der Waals surface area contributed by atoms with Crippen LogP contribution in [-0.2, 0) is 14.3 Å². The lowest BCUT2D eigenvalue weighted by molar-refractivity contribution is -0.151. The maximum Gasteiger partial charge on any atom is 0.305 e. The van der Waals surface area contributed by atoms with Crippen LogP contribution in [0.3, 0.4) is 0 Å². The fourth-order valence-corrected chi connectivity index (χ4v) is 3.60. The number of esters is 1. The molecule has 0 spiro atoms. The summed E-state index contributed by atoms with van der Waals surface area (Å²) in [7, 11) is 0. The molecule has 0 aromatic heterocycles. The Bertz CT molecular complexity index is 389. The van der Waals surface area contributed by atoms with Gasteiger partial charge in [0.15, 0.2) is 0 Å². The van der Waals surface area contributed by atoms with Gasteiger partial charge in [-0.15, -0.1) is 0 Å². The van der Waals surface area contributed by atoms with Crippen LogP contribution in [0.4, 0.5) is 0 Å². The van der Waals surface area contributed by atoms with Crippen molar-refractivity contribution < 1.29 is 29.6 Å². The molecule has 6 heteroatoms. The third-order valence-electron chi connectivity index (χ3n) is 5.47. The van der Waals surface area contributed by atoms with E-state index in [1.54, 1.807) is 0 Å². The van der Waals surface area contributed by atoms with E-state index in [9.17, 15) is 20.1 Å². The molecule has 1 heterocycles. The molecule has 1 saturated heterocycles. The molecule has 0 aliphatic carbocycles. The van der Waals surface area contributed by atoms with Gasteiger partial charge in [0, 0.05) is 6.42 Å². The molecule has 166 valence electrons. The van der Waals surface area contributed by atoms with Gasteiger partial charge in [-0.25, -0.2) is 0 Å². The number of rotatable bonds is 17. The highest BCUT2D eigenvalue weighted by atomic mass is 16.6. The minimum Gasteiger partial charge on any atom is -0.463 e. The summed E-state index contributed by atoms with van der Waals surface area (Å²) in [5.74, 6) is -0.338. The number of carbonyl (C=O) groups excluding carboxylic acids is 1. The van der Waals surface area contributed by atoms with Crippen molar-refractivity contribution in [3.05, 3.63) is 0 Å². The molecule has 1 fully saturated rings. The Morgan fingerprint density at radius 2 is 1.43 bits per heavy atom. The lowest BCUT2D eigenvalue weighted by Gasteiger charge is -2.20. The summed E-state index contributed by atoms with van der Waals surface area (Å²) < 4.78 is 10.2. The van der Waals surface area contributed by atoms with Crippen molar-refractivity contribution in [1.82, 2.24) is 0 Å². The molecule has 0 saturated carbocycles. The van der Waals surface area contributed by atoms with Gasteiger partial charge in [0.25, 0.3) is 0 Å². The normalized spacial score (nSPS) is 23.1. The van der Waals surface area contributed by atoms with Crippen molar-refractivity contribution in [2.24, 2.45) is 0 Å². The summed E-state index contributed by atoms with van der Waals surface area (Å²) in [5.41, 5.74) is 0. The summed E-state index contributed by atoms with van der Waals surface area (Å²) in [6.07, 6.45) is 12.5. The Balaban J connectivity index is 1.86. The van der Waals surface area contributed by atoms with E-state index in [2.05, 4.69) is 6.92 Å². The van der Waals surface area contributed by atoms with Gasteiger partial charge in [0.1, 0.15) is 31.0 Å². The molecule has 0 aromatic carbocycles. The van der Waals surface area contributed by atoms with Crippen LogP contribution in [0.1, 0.15) is 96.8 Å². The van der Waals surface area contributed by atoms with Crippen molar-refractivity contribution in [1.29, 1.82) is 0 Å². The van der Waals surface area contributed by atoms with Crippen LogP contribution < -0.4 is 0 Å². The van der Waals surface area contributed by atoms with Gasteiger partial charge in [-0.1, -0.05) is 84.0 Å². The zero-order valence-corrected chi connectivity index (χ0v) is 17.7. The zero-order valence-electron chi connectivity index (χ0n) is 17.7. The lowest BCUT2D eigenvalue weighted by Crippen LogP contribution is -2.41. The van der Waals surface area contributed by atoms with Gasteiger partial charge in [0.05, 0.1) is 6.61 Å². The Hall–Kier alpha value is -0.690. The molecule has 0 bridgehead atoms. The van der Waals surface area contributed by atoms with Crippen molar-refractivity contribution in [2.45, 2.75) is 121 Å². The maximum atomic E-state index is 11.7. The van der Waals surface area contributed by atoms with Crippen LogP contribution in [0, 0.1) is 0 Å².